The quantitative estimate of drug-likeness (QED) is 0.758. The Balaban J connectivity index is 1.98. The molecule has 5 nitrogen and oxygen atoms in total. The molecule has 5 heteroatoms. The predicted octanol–water partition coefficient (Wildman–Crippen LogP) is -0.0622. The summed E-state index contributed by atoms with van der Waals surface area (Å²) in [4.78, 5) is 19.3. The van der Waals surface area contributed by atoms with Crippen LogP contribution in [0.4, 0.5) is 5.82 Å². The summed E-state index contributed by atoms with van der Waals surface area (Å²) >= 11 is 0. The van der Waals surface area contributed by atoms with Gasteiger partial charge in [0.15, 0.2) is 0 Å². The number of pyridine rings is 1. The van der Waals surface area contributed by atoms with Crippen molar-refractivity contribution in [2.75, 3.05) is 32.4 Å². The van der Waals surface area contributed by atoms with Gasteiger partial charge in [-0.1, -0.05) is 0 Å². The highest BCUT2D eigenvalue weighted by Gasteiger charge is 2.20. The van der Waals surface area contributed by atoms with Gasteiger partial charge in [0.1, 0.15) is 5.82 Å². The van der Waals surface area contributed by atoms with Crippen LogP contribution in [-0.2, 0) is 11.3 Å². The van der Waals surface area contributed by atoms with Crippen LogP contribution in [-0.4, -0.2) is 47.4 Å². The number of likely N-dealkylation sites (N-methyl/N-ethyl adjacent to an activating group) is 1. The van der Waals surface area contributed by atoms with E-state index in [0.717, 1.165) is 25.2 Å². The topological polar surface area (TPSA) is 62.5 Å². The molecule has 0 spiro atoms. The Morgan fingerprint density at radius 2 is 2.31 bits per heavy atom. The zero-order valence-corrected chi connectivity index (χ0v) is 9.39. The van der Waals surface area contributed by atoms with Gasteiger partial charge < -0.3 is 10.6 Å². The minimum Gasteiger partial charge on any atom is -0.384 e. The van der Waals surface area contributed by atoms with E-state index in [-0.39, 0.29) is 5.91 Å². The fraction of sp³-hybridized carbons (Fsp3) is 0.455. The summed E-state index contributed by atoms with van der Waals surface area (Å²) < 4.78 is 0. The average Bonchev–Trinajstić information content (AvgIpc) is 2.24. The van der Waals surface area contributed by atoms with Gasteiger partial charge in [0.05, 0.1) is 6.54 Å². The Bertz CT molecular complexity index is 393. The van der Waals surface area contributed by atoms with Crippen molar-refractivity contribution in [3.8, 4) is 0 Å². The summed E-state index contributed by atoms with van der Waals surface area (Å²) in [6.45, 7) is 2.94. The smallest absolute Gasteiger partial charge is 0.236 e. The van der Waals surface area contributed by atoms with Crippen LogP contribution in [0.1, 0.15) is 5.56 Å². The third-order valence-electron chi connectivity index (χ3n) is 2.79. The second-order valence-corrected chi connectivity index (χ2v) is 4.11. The number of hydrogen-bond donors (Lipinski definition) is 1. The lowest BCUT2D eigenvalue weighted by atomic mass is 10.2. The molecular formula is C11H16N4O. The van der Waals surface area contributed by atoms with E-state index in [1.165, 1.54) is 0 Å². The Morgan fingerprint density at radius 1 is 1.50 bits per heavy atom. The van der Waals surface area contributed by atoms with Crippen molar-refractivity contribution in [3.05, 3.63) is 23.9 Å². The molecule has 1 fully saturated rings. The molecule has 1 aliphatic rings. The Labute approximate surface area is 94.9 Å². The van der Waals surface area contributed by atoms with E-state index in [4.69, 9.17) is 5.73 Å². The van der Waals surface area contributed by atoms with Gasteiger partial charge in [-0.2, -0.15) is 0 Å². The van der Waals surface area contributed by atoms with Crippen molar-refractivity contribution < 1.29 is 4.79 Å². The zero-order valence-electron chi connectivity index (χ0n) is 9.39. The molecule has 0 bridgehead atoms. The molecule has 1 aromatic heterocycles. The number of rotatable bonds is 2. The monoisotopic (exact) mass is 220 g/mol. The standard InChI is InChI=1S/C11H16N4O/c1-14-4-5-15(8-11(14)16)7-9-2-3-13-10(12)6-9/h2-3,6H,4-5,7-8H2,1H3,(H2,12,13). The maximum atomic E-state index is 11.5. The average molecular weight is 220 g/mol. The van der Waals surface area contributed by atoms with Crippen molar-refractivity contribution in [2.24, 2.45) is 0 Å². The van der Waals surface area contributed by atoms with Crippen LogP contribution in [0.3, 0.4) is 0 Å². The number of carbonyl (C=O) groups is 1. The van der Waals surface area contributed by atoms with Crippen LogP contribution in [0.15, 0.2) is 18.3 Å². The van der Waals surface area contributed by atoms with Crippen molar-refractivity contribution in [1.82, 2.24) is 14.8 Å². The minimum atomic E-state index is 0.174. The molecular weight excluding hydrogens is 204 g/mol. The molecule has 1 saturated heterocycles. The van der Waals surface area contributed by atoms with Gasteiger partial charge >= 0.3 is 0 Å². The number of aromatic nitrogens is 1. The van der Waals surface area contributed by atoms with Crippen LogP contribution in [0.2, 0.25) is 0 Å². The van der Waals surface area contributed by atoms with Crippen molar-refractivity contribution >= 4 is 11.7 Å². The summed E-state index contributed by atoms with van der Waals surface area (Å²) in [5, 5.41) is 0. The number of nitrogens with zero attached hydrogens (tertiary/aromatic N) is 3. The molecule has 0 radical (unpaired) electrons. The predicted molar refractivity (Wildman–Crippen MR) is 61.6 cm³/mol. The molecule has 2 rings (SSSR count). The molecule has 1 aromatic rings. The van der Waals surface area contributed by atoms with E-state index in [9.17, 15) is 4.79 Å². The lowest BCUT2D eigenvalue weighted by Crippen LogP contribution is -2.47. The minimum absolute atomic E-state index is 0.174. The van der Waals surface area contributed by atoms with E-state index in [1.807, 2.05) is 19.2 Å². The van der Waals surface area contributed by atoms with Crippen molar-refractivity contribution in [2.45, 2.75) is 6.54 Å². The van der Waals surface area contributed by atoms with Gasteiger partial charge in [0.2, 0.25) is 5.91 Å². The highest BCUT2D eigenvalue weighted by molar-refractivity contribution is 5.78. The fourth-order valence-corrected chi connectivity index (χ4v) is 1.79. The number of nitrogen functional groups attached to an aromatic ring is 1. The van der Waals surface area contributed by atoms with Crippen LogP contribution in [0.5, 0.6) is 0 Å². The molecule has 0 aromatic carbocycles. The van der Waals surface area contributed by atoms with Gasteiger partial charge in [-0.3, -0.25) is 9.69 Å². The van der Waals surface area contributed by atoms with Crippen molar-refractivity contribution in [1.29, 1.82) is 0 Å². The molecule has 0 aliphatic carbocycles. The highest BCUT2D eigenvalue weighted by atomic mass is 16.2. The number of amides is 1. The Morgan fingerprint density at radius 3 is 3.00 bits per heavy atom. The lowest BCUT2D eigenvalue weighted by molar-refractivity contribution is -0.134. The molecule has 1 amide bonds. The number of piperazine rings is 1. The third kappa shape index (κ3) is 2.49. The van der Waals surface area contributed by atoms with E-state index in [0.29, 0.717) is 12.4 Å². The van der Waals surface area contributed by atoms with Crippen LogP contribution < -0.4 is 5.73 Å². The highest BCUT2D eigenvalue weighted by Crippen LogP contribution is 2.09. The maximum absolute atomic E-state index is 11.5. The molecule has 1 aliphatic heterocycles. The summed E-state index contributed by atoms with van der Waals surface area (Å²) in [7, 11) is 1.84. The summed E-state index contributed by atoms with van der Waals surface area (Å²) in [5.41, 5.74) is 6.71. The van der Waals surface area contributed by atoms with Crippen molar-refractivity contribution in [3.63, 3.8) is 0 Å². The van der Waals surface area contributed by atoms with Gasteiger partial charge in [-0.25, -0.2) is 4.98 Å². The third-order valence-corrected chi connectivity index (χ3v) is 2.79. The second kappa shape index (κ2) is 4.49. The first-order valence-electron chi connectivity index (χ1n) is 5.32. The van der Waals surface area contributed by atoms with Gasteiger partial charge in [-0.15, -0.1) is 0 Å². The van der Waals surface area contributed by atoms with Gasteiger partial charge in [0.25, 0.3) is 0 Å². The Hall–Kier alpha value is -1.62. The molecule has 86 valence electrons. The van der Waals surface area contributed by atoms with E-state index < -0.39 is 0 Å². The van der Waals surface area contributed by atoms with E-state index >= 15 is 0 Å². The summed E-state index contributed by atoms with van der Waals surface area (Å²) in [6.07, 6.45) is 1.70. The first-order valence-corrected chi connectivity index (χ1v) is 5.32. The maximum Gasteiger partial charge on any atom is 0.236 e. The number of carbonyl (C=O) groups excluding carboxylic acids is 1. The lowest BCUT2D eigenvalue weighted by Gasteiger charge is -2.31. The molecule has 0 saturated carbocycles. The second-order valence-electron chi connectivity index (χ2n) is 4.11. The molecule has 2 heterocycles. The van der Waals surface area contributed by atoms with Crippen LogP contribution in [0.25, 0.3) is 0 Å². The largest absolute Gasteiger partial charge is 0.384 e. The summed E-state index contributed by atoms with van der Waals surface area (Å²) in [6, 6.07) is 3.78. The first kappa shape index (κ1) is 10.9. The normalized spacial score (nSPS) is 17.8. The molecule has 2 N–H and O–H groups in total. The molecule has 0 unspecified atom stereocenters. The molecule has 16 heavy (non-hydrogen) atoms. The zero-order chi connectivity index (χ0) is 11.5. The van der Waals surface area contributed by atoms with Crippen LogP contribution in [0, 0.1) is 0 Å². The summed E-state index contributed by atoms with van der Waals surface area (Å²) in [5.74, 6) is 0.700. The van der Waals surface area contributed by atoms with Crippen LogP contribution >= 0.6 is 0 Å². The SMILES string of the molecule is CN1CCN(Cc2ccnc(N)c2)CC1=O. The number of anilines is 1. The van der Waals surface area contributed by atoms with Gasteiger partial charge in [-0.05, 0) is 17.7 Å². The first-order chi connectivity index (χ1) is 7.65. The fourth-order valence-electron chi connectivity index (χ4n) is 1.79. The molecule has 0 atom stereocenters. The number of nitrogens with two attached hydrogens (primary N) is 1. The van der Waals surface area contributed by atoms with E-state index in [1.54, 1.807) is 11.1 Å². The van der Waals surface area contributed by atoms with E-state index in [2.05, 4.69) is 9.88 Å². The van der Waals surface area contributed by atoms with Gasteiger partial charge in [0, 0.05) is 32.9 Å². The number of hydrogen-bond acceptors (Lipinski definition) is 4. The Kier molecular flexibility index (Phi) is 3.05.